The summed E-state index contributed by atoms with van der Waals surface area (Å²) >= 11 is 0. The summed E-state index contributed by atoms with van der Waals surface area (Å²) in [5, 5.41) is 9.05. The molecule has 3 unspecified atom stereocenters. The fourth-order valence-electron chi connectivity index (χ4n) is 2.58. The number of likely N-dealkylation sites (N-methyl/N-ethyl adjacent to an activating group) is 2. The number of nitrogens with two attached hydrogens (primary N) is 1. The number of carboxylic acid groups (broad SMARTS) is 1. The van der Waals surface area contributed by atoms with Gasteiger partial charge in [-0.2, -0.15) is 0 Å². The highest BCUT2D eigenvalue weighted by molar-refractivity contribution is 5.77. The molecule has 106 valence electrons. The number of carboxylic acids is 1. The van der Waals surface area contributed by atoms with E-state index in [1.165, 1.54) is 12.8 Å². The highest BCUT2D eigenvalue weighted by Gasteiger charge is 2.32. The third-order valence-electron chi connectivity index (χ3n) is 4.13. The van der Waals surface area contributed by atoms with Crippen LogP contribution in [0.25, 0.3) is 0 Å². The minimum Gasteiger partial charge on any atom is -0.480 e. The summed E-state index contributed by atoms with van der Waals surface area (Å²) in [5.74, 6) is -0.930. The van der Waals surface area contributed by atoms with E-state index in [0.717, 1.165) is 13.1 Å². The van der Waals surface area contributed by atoms with Gasteiger partial charge in [-0.1, -0.05) is 0 Å². The fourth-order valence-corrected chi connectivity index (χ4v) is 2.58. The van der Waals surface area contributed by atoms with Crippen LogP contribution in [-0.4, -0.2) is 65.7 Å². The van der Waals surface area contributed by atoms with Gasteiger partial charge in [0.1, 0.15) is 5.54 Å². The Balaban J connectivity index is 2.46. The molecule has 0 saturated carbocycles. The van der Waals surface area contributed by atoms with Crippen LogP contribution in [0.1, 0.15) is 33.1 Å². The summed E-state index contributed by atoms with van der Waals surface area (Å²) in [6, 6.07) is 0.761. The first-order chi connectivity index (χ1) is 8.24. The molecule has 18 heavy (non-hydrogen) atoms. The van der Waals surface area contributed by atoms with Crippen molar-refractivity contribution in [3.63, 3.8) is 0 Å². The molecule has 0 aromatic rings. The molecule has 5 nitrogen and oxygen atoms in total. The normalized spacial score (nSPS) is 26.2. The zero-order valence-electron chi connectivity index (χ0n) is 12.0. The summed E-state index contributed by atoms with van der Waals surface area (Å²) in [7, 11) is 4.20. The predicted octanol–water partition coefficient (Wildman–Crippen LogP) is 0.593. The lowest BCUT2D eigenvalue weighted by Crippen LogP contribution is -2.51. The second kappa shape index (κ2) is 5.99. The van der Waals surface area contributed by atoms with E-state index >= 15 is 0 Å². The molecule has 0 bridgehead atoms. The molecule has 0 aromatic carbocycles. The van der Waals surface area contributed by atoms with Crippen molar-refractivity contribution >= 4 is 5.97 Å². The Bertz CT molecular complexity index is 294. The zero-order valence-corrected chi connectivity index (χ0v) is 12.0. The lowest BCUT2D eigenvalue weighted by atomic mass is 9.94. The number of likely N-dealkylation sites (tertiary alicyclic amines) is 1. The molecule has 1 aliphatic rings. The molecule has 5 heteroatoms. The number of hydrogen-bond acceptors (Lipinski definition) is 4. The average molecular weight is 257 g/mol. The smallest absolute Gasteiger partial charge is 0.323 e. The SMILES string of the molecule is CC(CC(C)(N)C(=O)O)N(C)CC1CCCN1C. The van der Waals surface area contributed by atoms with Crippen LogP contribution < -0.4 is 5.73 Å². The van der Waals surface area contributed by atoms with Crippen molar-refractivity contribution in [3.8, 4) is 0 Å². The number of carbonyl (C=O) groups is 1. The first-order valence-electron chi connectivity index (χ1n) is 6.67. The topological polar surface area (TPSA) is 69.8 Å². The summed E-state index contributed by atoms with van der Waals surface area (Å²) in [6.45, 7) is 5.77. The van der Waals surface area contributed by atoms with Crippen LogP contribution in [0.2, 0.25) is 0 Å². The van der Waals surface area contributed by atoms with Crippen LogP contribution in [0.4, 0.5) is 0 Å². The van der Waals surface area contributed by atoms with Crippen LogP contribution in [0, 0.1) is 0 Å². The molecule has 0 amide bonds. The largest absolute Gasteiger partial charge is 0.480 e. The van der Waals surface area contributed by atoms with Crippen molar-refractivity contribution < 1.29 is 9.90 Å². The average Bonchev–Trinajstić information content (AvgIpc) is 2.63. The summed E-state index contributed by atoms with van der Waals surface area (Å²) in [6.07, 6.45) is 2.95. The van der Waals surface area contributed by atoms with Crippen LogP contribution in [0.3, 0.4) is 0 Å². The van der Waals surface area contributed by atoms with Gasteiger partial charge in [0.2, 0.25) is 0 Å². The number of hydrogen-bond donors (Lipinski definition) is 2. The molecule has 3 atom stereocenters. The van der Waals surface area contributed by atoms with Gasteiger partial charge in [-0.3, -0.25) is 4.79 Å². The Kier molecular flexibility index (Phi) is 5.13. The lowest BCUT2D eigenvalue weighted by molar-refractivity contribution is -0.143. The molecule has 1 aliphatic heterocycles. The Morgan fingerprint density at radius 2 is 2.28 bits per heavy atom. The maximum atomic E-state index is 11.0. The van der Waals surface area contributed by atoms with Gasteiger partial charge in [0.15, 0.2) is 0 Å². The Morgan fingerprint density at radius 3 is 2.72 bits per heavy atom. The van der Waals surface area contributed by atoms with E-state index in [2.05, 4.69) is 23.9 Å². The maximum absolute atomic E-state index is 11.0. The van der Waals surface area contributed by atoms with Crippen LogP contribution in [-0.2, 0) is 4.79 Å². The highest BCUT2D eigenvalue weighted by atomic mass is 16.4. The van der Waals surface area contributed by atoms with E-state index in [4.69, 9.17) is 10.8 Å². The third-order valence-corrected chi connectivity index (χ3v) is 4.13. The van der Waals surface area contributed by atoms with Crippen molar-refractivity contribution in [1.29, 1.82) is 0 Å². The van der Waals surface area contributed by atoms with Crippen LogP contribution >= 0.6 is 0 Å². The quantitative estimate of drug-likeness (QED) is 0.729. The Hall–Kier alpha value is -0.650. The molecule has 0 aliphatic carbocycles. The second-order valence-corrected chi connectivity index (χ2v) is 5.99. The van der Waals surface area contributed by atoms with E-state index < -0.39 is 11.5 Å². The third kappa shape index (κ3) is 3.93. The molecular weight excluding hydrogens is 230 g/mol. The van der Waals surface area contributed by atoms with Gasteiger partial charge in [-0.15, -0.1) is 0 Å². The highest BCUT2D eigenvalue weighted by Crippen LogP contribution is 2.18. The standard InChI is InChI=1S/C13H27N3O2/c1-10(8-13(2,14)12(17)18)16(4)9-11-6-5-7-15(11)3/h10-11H,5-9,14H2,1-4H3,(H,17,18). The summed E-state index contributed by atoms with van der Waals surface area (Å²) < 4.78 is 0. The molecule has 0 aromatic heterocycles. The zero-order chi connectivity index (χ0) is 13.9. The minimum absolute atomic E-state index is 0.171. The van der Waals surface area contributed by atoms with Crippen LogP contribution in [0.5, 0.6) is 0 Å². The number of nitrogens with zero attached hydrogens (tertiary/aromatic N) is 2. The van der Waals surface area contributed by atoms with Crippen molar-refractivity contribution in [2.75, 3.05) is 27.2 Å². The van der Waals surface area contributed by atoms with Gasteiger partial charge in [-0.05, 0) is 53.8 Å². The molecule has 1 rings (SSSR count). The van der Waals surface area contributed by atoms with Gasteiger partial charge in [0, 0.05) is 18.6 Å². The molecular formula is C13H27N3O2. The minimum atomic E-state index is -1.14. The Labute approximate surface area is 110 Å². The van der Waals surface area contributed by atoms with E-state index in [1.54, 1.807) is 6.92 Å². The van der Waals surface area contributed by atoms with Gasteiger partial charge < -0.3 is 20.6 Å². The first-order valence-corrected chi connectivity index (χ1v) is 6.67. The number of rotatable bonds is 6. The van der Waals surface area contributed by atoms with Gasteiger partial charge in [0.25, 0.3) is 0 Å². The summed E-state index contributed by atoms with van der Waals surface area (Å²) in [4.78, 5) is 15.6. The molecule has 1 saturated heterocycles. The molecule has 1 heterocycles. The molecule has 0 radical (unpaired) electrons. The van der Waals surface area contributed by atoms with Gasteiger partial charge in [0.05, 0.1) is 0 Å². The van der Waals surface area contributed by atoms with Crippen LogP contribution in [0.15, 0.2) is 0 Å². The molecule has 1 fully saturated rings. The first kappa shape index (κ1) is 15.4. The van der Waals surface area contributed by atoms with E-state index in [0.29, 0.717) is 12.5 Å². The van der Waals surface area contributed by atoms with E-state index in [-0.39, 0.29) is 6.04 Å². The predicted molar refractivity (Wildman–Crippen MR) is 72.6 cm³/mol. The monoisotopic (exact) mass is 257 g/mol. The molecule has 0 spiro atoms. The van der Waals surface area contributed by atoms with Gasteiger partial charge in [-0.25, -0.2) is 0 Å². The second-order valence-electron chi connectivity index (χ2n) is 5.99. The van der Waals surface area contributed by atoms with Crippen molar-refractivity contribution in [1.82, 2.24) is 9.80 Å². The van der Waals surface area contributed by atoms with Crippen molar-refractivity contribution in [3.05, 3.63) is 0 Å². The van der Waals surface area contributed by atoms with E-state index in [1.807, 2.05) is 6.92 Å². The summed E-state index contributed by atoms with van der Waals surface area (Å²) in [5.41, 5.74) is 4.65. The van der Waals surface area contributed by atoms with E-state index in [9.17, 15) is 4.79 Å². The van der Waals surface area contributed by atoms with Crippen molar-refractivity contribution in [2.24, 2.45) is 5.73 Å². The lowest BCUT2D eigenvalue weighted by Gasteiger charge is -2.33. The fraction of sp³-hybridized carbons (Fsp3) is 0.923. The van der Waals surface area contributed by atoms with Crippen molar-refractivity contribution in [2.45, 2.75) is 50.7 Å². The molecule has 3 N–H and O–H groups in total. The van der Waals surface area contributed by atoms with Gasteiger partial charge >= 0.3 is 5.97 Å². The Morgan fingerprint density at radius 1 is 1.67 bits per heavy atom. The number of aliphatic carboxylic acids is 1. The maximum Gasteiger partial charge on any atom is 0.323 e.